The molecular formula is C25H34N2. The minimum Gasteiger partial charge on any atom is -0.325 e. The zero-order chi connectivity index (χ0) is 20.2. The van der Waals surface area contributed by atoms with Crippen LogP contribution >= 0.6 is 0 Å². The van der Waals surface area contributed by atoms with Crippen molar-refractivity contribution in [3.8, 4) is 0 Å². The van der Waals surface area contributed by atoms with Crippen molar-refractivity contribution in [3.05, 3.63) is 68.5 Å². The van der Waals surface area contributed by atoms with Crippen molar-refractivity contribution in [1.82, 2.24) is 0 Å². The Balaban J connectivity index is 2.10. The van der Waals surface area contributed by atoms with Gasteiger partial charge in [-0.05, 0) is 119 Å². The van der Waals surface area contributed by atoms with E-state index in [1.54, 1.807) is 0 Å². The van der Waals surface area contributed by atoms with Crippen LogP contribution in [0.5, 0.6) is 0 Å². The van der Waals surface area contributed by atoms with Gasteiger partial charge in [-0.15, -0.1) is 0 Å². The van der Waals surface area contributed by atoms with Crippen LogP contribution < -0.4 is 9.80 Å². The maximum atomic E-state index is 2.44. The lowest BCUT2D eigenvalue weighted by Crippen LogP contribution is -2.37. The third-order valence-corrected chi connectivity index (χ3v) is 6.99. The second-order valence-corrected chi connectivity index (χ2v) is 8.33. The minimum atomic E-state index is 0.253. The van der Waals surface area contributed by atoms with Gasteiger partial charge in [-0.3, -0.25) is 0 Å². The SMILES string of the molecule is Cc1cc(C)c(N2C=CN(c3c(C)c(C)c(C)c(C)c3C)C2C)c(C)c1C. The third kappa shape index (κ3) is 2.86. The van der Waals surface area contributed by atoms with Gasteiger partial charge in [0.15, 0.2) is 0 Å². The smallest absolute Gasteiger partial charge is 0.107 e. The molecule has 0 aliphatic carbocycles. The van der Waals surface area contributed by atoms with Gasteiger partial charge < -0.3 is 9.80 Å². The topological polar surface area (TPSA) is 6.48 Å². The summed E-state index contributed by atoms with van der Waals surface area (Å²) in [5.74, 6) is 0. The second-order valence-electron chi connectivity index (χ2n) is 8.33. The maximum absolute atomic E-state index is 2.44. The fraction of sp³-hybridized carbons (Fsp3) is 0.440. The number of hydrogen-bond acceptors (Lipinski definition) is 2. The lowest BCUT2D eigenvalue weighted by Gasteiger charge is -2.35. The predicted molar refractivity (Wildman–Crippen MR) is 119 cm³/mol. The van der Waals surface area contributed by atoms with Gasteiger partial charge in [0.25, 0.3) is 0 Å². The van der Waals surface area contributed by atoms with Crippen molar-refractivity contribution < 1.29 is 0 Å². The van der Waals surface area contributed by atoms with Gasteiger partial charge in [0.1, 0.15) is 6.17 Å². The van der Waals surface area contributed by atoms with Crippen LogP contribution in [0.1, 0.15) is 57.0 Å². The van der Waals surface area contributed by atoms with Crippen LogP contribution in [0.4, 0.5) is 11.4 Å². The van der Waals surface area contributed by atoms with Crippen LogP contribution in [0, 0.1) is 62.3 Å². The highest BCUT2D eigenvalue weighted by Crippen LogP contribution is 2.39. The predicted octanol–water partition coefficient (Wildman–Crippen LogP) is 6.61. The molecule has 0 fully saturated rings. The van der Waals surface area contributed by atoms with E-state index in [-0.39, 0.29) is 6.17 Å². The number of anilines is 2. The van der Waals surface area contributed by atoms with Crippen LogP contribution in [-0.2, 0) is 0 Å². The summed E-state index contributed by atoms with van der Waals surface area (Å²) in [5, 5.41) is 0. The third-order valence-electron chi connectivity index (χ3n) is 6.99. The zero-order valence-corrected chi connectivity index (χ0v) is 18.7. The molecule has 2 aromatic carbocycles. The molecule has 0 saturated heterocycles. The number of hydrogen-bond donors (Lipinski definition) is 0. The summed E-state index contributed by atoms with van der Waals surface area (Å²) in [6.07, 6.45) is 4.75. The first kappa shape index (κ1) is 19.5. The molecule has 0 spiro atoms. The lowest BCUT2D eigenvalue weighted by molar-refractivity contribution is 0.741. The first-order chi connectivity index (χ1) is 12.6. The first-order valence-corrected chi connectivity index (χ1v) is 9.97. The minimum absolute atomic E-state index is 0.253. The standard InChI is InChI=1S/C25H34N2/c1-14-13-15(2)24(20(7)16(14)3)26-11-12-27(23(26)10)25-21(8)18(5)17(4)19(6)22(25)9/h11-13,23H,1-10H3. The molecule has 2 heteroatoms. The van der Waals surface area contributed by atoms with Crippen LogP contribution in [-0.4, -0.2) is 6.17 Å². The zero-order valence-electron chi connectivity index (χ0n) is 18.7. The lowest BCUT2D eigenvalue weighted by atomic mass is 9.92. The average Bonchev–Trinajstić information content (AvgIpc) is 2.98. The highest BCUT2D eigenvalue weighted by molar-refractivity contribution is 5.73. The highest BCUT2D eigenvalue weighted by atomic mass is 15.4. The molecule has 1 heterocycles. The van der Waals surface area contributed by atoms with E-state index in [1.165, 1.54) is 61.4 Å². The van der Waals surface area contributed by atoms with Crippen molar-refractivity contribution in [2.45, 2.75) is 75.4 Å². The molecule has 2 aromatic rings. The van der Waals surface area contributed by atoms with Crippen molar-refractivity contribution >= 4 is 11.4 Å². The molecular weight excluding hydrogens is 328 g/mol. The van der Waals surface area contributed by atoms with E-state index in [1.807, 2.05) is 0 Å². The fourth-order valence-corrected chi connectivity index (χ4v) is 4.58. The van der Waals surface area contributed by atoms with Crippen LogP contribution in [0.3, 0.4) is 0 Å². The molecule has 1 aliphatic rings. The summed E-state index contributed by atoms with van der Waals surface area (Å²) < 4.78 is 0. The molecule has 3 rings (SSSR count). The van der Waals surface area contributed by atoms with E-state index in [0.717, 1.165) is 0 Å². The summed E-state index contributed by atoms with van der Waals surface area (Å²) in [4.78, 5) is 4.87. The van der Waals surface area contributed by atoms with Crippen LogP contribution in [0.25, 0.3) is 0 Å². The summed E-state index contributed by atoms with van der Waals surface area (Å²) in [6, 6.07) is 2.32. The van der Waals surface area contributed by atoms with Crippen molar-refractivity contribution in [2.75, 3.05) is 9.80 Å². The highest BCUT2D eigenvalue weighted by Gasteiger charge is 2.29. The molecule has 0 bridgehead atoms. The Morgan fingerprint density at radius 3 is 1.44 bits per heavy atom. The van der Waals surface area contributed by atoms with Gasteiger partial charge in [0.05, 0.1) is 0 Å². The number of rotatable bonds is 2. The molecule has 1 atom stereocenters. The molecule has 0 amide bonds. The van der Waals surface area contributed by atoms with Gasteiger partial charge in [0, 0.05) is 23.8 Å². The Morgan fingerprint density at radius 1 is 0.519 bits per heavy atom. The second kappa shape index (κ2) is 6.74. The van der Waals surface area contributed by atoms with Crippen molar-refractivity contribution in [3.63, 3.8) is 0 Å². The maximum Gasteiger partial charge on any atom is 0.107 e. The summed E-state index contributed by atoms with van der Waals surface area (Å²) in [7, 11) is 0. The van der Waals surface area contributed by atoms with Gasteiger partial charge >= 0.3 is 0 Å². The molecule has 0 N–H and O–H groups in total. The molecule has 0 aromatic heterocycles. The Labute approximate surface area is 165 Å². The Hall–Kier alpha value is -2.22. The molecule has 1 unspecified atom stereocenters. The van der Waals surface area contributed by atoms with Gasteiger partial charge in [-0.25, -0.2) is 0 Å². The first-order valence-electron chi connectivity index (χ1n) is 9.97. The average molecular weight is 363 g/mol. The largest absolute Gasteiger partial charge is 0.325 e. The normalized spacial score (nSPS) is 16.6. The van der Waals surface area contributed by atoms with E-state index < -0.39 is 0 Å². The number of nitrogens with zero attached hydrogens (tertiary/aromatic N) is 2. The van der Waals surface area contributed by atoms with Gasteiger partial charge in [0.2, 0.25) is 0 Å². The summed E-state index contributed by atoms with van der Waals surface area (Å²) in [5.41, 5.74) is 15.2. The van der Waals surface area contributed by atoms with Crippen molar-refractivity contribution in [1.29, 1.82) is 0 Å². The quantitative estimate of drug-likeness (QED) is 0.593. The van der Waals surface area contributed by atoms with Gasteiger partial charge in [-0.2, -0.15) is 0 Å². The van der Waals surface area contributed by atoms with Crippen LogP contribution in [0.15, 0.2) is 18.5 Å². The number of aryl methyl sites for hydroxylation is 2. The molecule has 0 radical (unpaired) electrons. The van der Waals surface area contributed by atoms with Crippen molar-refractivity contribution in [2.24, 2.45) is 0 Å². The number of benzene rings is 2. The molecule has 144 valence electrons. The fourth-order valence-electron chi connectivity index (χ4n) is 4.58. The molecule has 27 heavy (non-hydrogen) atoms. The Morgan fingerprint density at radius 2 is 0.926 bits per heavy atom. The monoisotopic (exact) mass is 362 g/mol. The van der Waals surface area contributed by atoms with E-state index in [4.69, 9.17) is 0 Å². The van der Waals surface area contributed by atoms with E-state index >= 15 is 0 Å². The van der Waals surface area contributed by atoms with E-state index in [0.29, 0.717) is 0 Å². The Bertz CT molecular complexity index is 921. The Kier molecular flexibility index (Phi) is 4.88. The summed E-state index contributed by atoms with van der Waals surface area (Å²) in [6.45, 7) is 22.5. The van der Waals surface area contributed by atoms with Gasteiger partial charge in [-0.1, -0.05) is 6.07 Å². The van der Waals surface area contributed by atoms with E-state index in [2.05, 4.69) is 97.5 Å². The molecule has 2 nitrogen and oxygen atoms in total. The summed E-state index contributed by atoms with van der Waals surface area (Å²) >= 11 is 0. The van der Waals surface area contributed by atoms with E-state index in [9.17, 15) is 0 Å². The van der Waals surface area contributed by atoms with Crippen LogP contribution in [0.2, 0.25) is 0 Å². The molecule has 0 saturated carbocycles. The molecule has 1 aliphatic heterocycles.